The van der Waals surface area contributed by atoms with Gasteiger partial charge in [-0.25, -0.2) is 0 Å². The second kappa shape index (κ2) is 2.23. The monoisotopic (exact) mass is 142 g/mol. The van der Waals surface area contributed by atoms with Gasteiger partial charge in [-0.05, 0) is 5.41 Å². The number of nitrogens with one attached hydrogen (secondary N) is 2. The lowest BCUT2D eigenvalue weighted by Gasteiger charge is -2.26. The standard InChI is InChI=1S/C7H14N2O/c1-7(2,3)6-8-4-5(10)9-6/h6,8H,4H2,1-3H3,(H,9,10). The number of hydrogen-bond donors (Lipinski definition) is 2. The van der Waals surface area contributed by atoms with Gasteiger partial charge in [0, 0.05) is 0 Å². The largest absolute Gasteiger partial charge is 0.339 e. The number of rotatable bonds is 0. The molecule has 1 unspecified atom stereocenters. The molecule has 1 aliphatic heterocycles. The van der Waals surface area contributed by atoms with Gasteiger partial charge in [0.15, 0.2) is 0 Å². The van der Waals surface area contributed by atoms with Crippen LogP contribution in [0.3, 0.4) is 0 Å². The van der Waals surface area contributed by atoms with Crippen molar-refractivity contribution in [2.75, 3.05) is 6.54 Å². The van der Waals surface area contributed by atoms with E-state index < -0.39 is 0 Å². The lowest BCUT2D eigenvalue weighted by molar-refractivity contribution is -0.118. The summed E-state index contributed by atoms with van der Waals surface area (Å²) in [5.41, 5.74) is 0.117. The highest BCUT2D eigenvalue weighted by Gasteiger charge is 2.30. The molecule has 10 heavy (non-hydrogen) atoms. The maximum atomic E-state index is 10.7. The van der Waals surface area contributed by atoms with Crippen LogP contribution in [0, 0.1) is 5.41 Å². The first-order valence-electron chi connectivity index (χ1n) is 3.53. The van der Waals surface area contributed by atoms with E-state index in [1.807, 2.05) is 0 Å². The van der Waals surface area contributed by atoms with Gasteiger partial charge < -0.3 is 5.32 Å². The zero-order chi connectivity index (χ0) is 7.78. The summed E-state index contributed by atoms with van der Waals surface area (Å²) in [5.74, 6) is 0.0972. The average Bonchev–Trinajstić information content (AvgIpc) is 2.11. The van der Waals surface area contributed by atoms with Gasteiger partial charge in [-0.3, -0.25) is 10.1 Å². The third-order valence-electron chi connectivity index (χ3n) is 1.64. The Hall–Kier alpha value is -0.570. The van der Waals surface area contributed by atoms with Crippen molar-refractivity contribution in [1.82, 2.24) is 10.6 Å². The number of carbonyl (C=O) groups is 1. The Labute approximate surface area is 61.2 Å². The molecule has 3 heteroatoms. The smallest absolute Gasteiger partial charge is 0.235 e. The Kier molecular flexibility index (Phi) is 1.68. The van der Waals surface area contributed by atoms with Crippen molar-refractivity contribution in [1.29, 1.82) is 0 Å². The second-order valence-corrected chi connectivity index (χ2v) is 3.75. The number of amides is 1. The van der Waals surface area contributed by atoms with Crippen LogP contribution in [0.5, 0.6) is 0 Å². The molecule has 1 amide bonds. The van der Waals surface area contributed by atoms with E-state index in [4.69, 9.17) is 0 Å². The molecule has 1 saturated heterocycles. The molecule has 3 nitrogen and oxygen atoms in total. The van der Waals surface area contributed by atoms with Gasteiger partial charge in [-0.15, -0.1) is 0 Å². The van der Waals surface area contributed by atoms with Crippen LogP contribution in [0.4, 0.5) is 0 Å². The maximum Gasteiger partial charge on any atom is 0.235 e. The number of carbonyl (C=O) groups excluding carboxylic acids is 1. The van der Waals surface area contributed by atoms with Crippen molar-refractivity contribution in [2.45, 2.75) is 26.9 Å². The van der Waals surface area contributed by atoms with Crippen LogP contribution >= 0.6 is 0 Å². The molecule has 0 aromatic carbocycles. The fourth-order valence-electron chi connectivity index (χ4n) is 0.981. The summed E-state index contributed by atoms with van der Waals surface area (Å²) in [6.45, 7) is 6.74. The first kappa shape index (κ1) is 7.54. The Morgan fingerprint density at radius 1 is 1.50 bits per heavy atom. The molecule has 1 heterocycles. The lowest BCUT2D eigenvalue weighted by atomic mass is 9.93. The predicted octanol–water partition coefficient (Wildman–Crippen LogP) is 0.0780. The van der Waals surface area contributed by atoms with Gasteiger partial charge in [-0.2, -0.15) is 0 Å². The SMILES string of the molecule is CC(C)(C)C1NCC(=O)N1. The highest BCUT2D eigenvalue weighted by molar-refractivity contribution is 5.80. The van der Waals surface area contributed by atoms with Crippen LogP contribution in [-0.4, -0.2) is 18.6 Å². The van der Waals surface area contributed by atoms with Crippen LogP contribution in [0.15, 0.2) is 0 Å². The van der Waals surface area contributed by atoms with E-state index >= 15 is 0 Å². The van der Waals surface area contributed by atoms with Gasteiger partial charge in [0.1, 0.15) is 0 Å². The zero-order valence-corrected chi connectivity index (χ0v) is 6.69. The highest BCUT2D eigenvalue weighted by atomic mass is 16.2. The van der Waals surface area contributed by atoms with Crippen LogP contribution in [-0.2, 0) is 4.79 Å². The van der Waals surface area contributed by atoms with Crippen LogP contribution in [0.2, 0.25) is 0 Å². The van der Waals surface area contributed by atoms with Crippen molar-refractivity contribution < 1.29 is 4.79 Å². The number of hydrogen-bond acceptors (Lipinski definition) is 2. The van der Waals surface area contributed by atoms with Crippen molar-refractivity contribution in [3.8, 4) is 0 Å². The molecule has 1 rings (SSSR count). The molecule has 0 aliphatic carbocycles. The molecule has 1 fully saturated rings. The van der Waals surface area contributed by atoms with E-state index in [0.29, 0.717) is 6.54 Å². The Balaban J connectivity index is 2.53. The molecule has 0 aromatic rings. The van der Waals surface area contributed by atoms with Gasteiger partial charge >= 0.3 is 0 Å². The minimum Gasteiger partial charge on any atom is -0.339 e. The van der Waals surface area contributed by atoms with E-state index in [0.717, 1.165) is 0 Å². The molecule has 1 aliphatic rings. The van der Waals surface area contributed by atoms with Gasteiger partial charge in [0.2, 0.25) is 5.91 Å². The Morgan fingerprint density at radius 2 is 2.10 bits per heavy atom. The van der Waals surface area contributed by atoms with E-state index in [-0.39, 0.29) is 17.5 Å². The molecule has 2 N–H and O–H groups in total. The molecule has 1 atom stereocenters. The minimum absolute atomic E-state index is 0.0972. The molecular formula is C7H14N2O. The van der Waals surface area contributed by atoms with E-state index in [9.17, 15) is 4.79 Å². The summed E-state index contributed by atoms with van der Waals surface area (Å²) in [7, 11) is 0. The third kappa shape index (κ3) is 1.48. The molecule has 0 saturated carbocycles. The molecular weight excluding hydrogens is 128 g/mol. The molecule has 58 valence electrons. The topological polar surface area (TPSA) is 41.1 Å². The van der Waals surface area contributed by atoms with Gasteiger partial charge in [-0.1, -0.05) is 20.8 Å². The normalized spacial score (nSPS) is 26.7. The summed E-state index contributed by atoms with van der Waals surface area (Å²) >= 11 is 0. The van der Waals surface area contributed by atoms with Crippen molar-refractivity contribution >= 4 is 5.91 Å². The molecule has 0 aromatic heterocycles. The Morgan fingerprint density at radius 3 is 2.30 bits per heavy atom. The summed E-state index contributed by atoms with van der Waals surface area (Å²) in [4.78, 5) is 10.7. The van der Waals surface area contributed by atoms with E-state index in [2.05, 4.69) is 31.4 Å². The zero-order valence-electron chi connectivity index (χ0n) is 6.69. The van der Waals surface area contributed by atoms with Crippen molar-refractivity contribution in [3.05, 3.63) is 0 Å². The maximum absolute atomic E-state index is 10.7. The summed E-state index contributed by atoms with van der Waals surface area (Å²) < 4.78 is 0. The van der Waals surface area contributed by atoms with Crippen molar-refractivity contribution in [3.63, 3.8) is 0 Å². The predicted molar refractivity (Wildman–Crippen MR) is 39.4 cm³/mol. The van der Waals surface area contributed by atoms with E-state index in [1.54, 1.807) is 0 Å². The molecule has 0 bridgehead atoms. The van der Waals surface area contributed by atoms with Crippen LogP contribution in [0.1, 0.15) is 20.8 Å². The molecule has 0 radical (unpaired) electrons. The lowest BCUT2D eigenvalue weighted by Crippen LogP contribution is -2.43. The highest BCUT2D eigenvalue weighted by Crippen LogP contribution is 2.18. The quantitative estimate of drug-likeness (QED) is 0.503. The fourth-order valence-corrected chi connectivity index (χ4v) is 0.981. The minimum atomic E-state index is 0.0972. The Bertz CT molecular complexity index is 148. The fraction of sp³-hybridized carbons (Fsp3) is 0.857. The summed E-state index contributed by atoms with van der Waals surface area (Å²) in [6, 6.07) is 0. The van der Waals surface area contributed by atoms with Gasteiger partial charge in [0.25, 0.3) is 0 Å². The average molecular weight is 142 g/mol. The first-order chi connectivity index (χ1) is 4.50. The first-order valence-corrected chi connectivity index (χ1v) is 3.53. The van der Waals surface area contributed by atoms with Crippen molar-refractivity contribution in [2.24, 2.45) is 5.41 Å². The van der Waals surface area contributed by atoms with E-state index in [1.165, 1.54) is 0 Å². The second-order valence-electron chi connectivity index (χ2n) is 3.75. The van der Waals surface area contributed by atoms with Crippen LogP contribution < -0.4 is 10.6 Å². The van der Waals surface area contributed by atoms with Gasteiger partial charge in [0.05, 0.1) is 12.7 Å². The summed E-state index contributed by atoms with van der Waals surface area (Å²) in [6.07, 6.45) is 0.139. The summed E-state index contributed by atoms with van der Waals surface area (Å²) in [5, 5.41) is 5.93. The van der Waals surface area contributed by atoms with Crippen LogP contribution in [0.25, 0.3) is 0 Å². The molecule has 0 spiro atoms. The third-order valence-corrected chi connectivity index (χ3v) is 1.64.